The Morgan fingerprint density at radius 1 is 1.17 bits per heavy atom. The minimum absolute atomic E-state index is 0.0885. The van der Waals surface area contributed by atoms with Crippen molar-refractivity contribution in [2.24, 2.45) is 0 Å². The first-order chi connectivity index (χ1) is 14.6. The van der Waals surface area contributed by atoms with Crippen LogP contribution in [0.15, 0.2) is 48.5 Å². The lowest BCUT2D eigenvalue weighted by Gasteiger charge is -2.23. The number of nitrogens with zero attached hydrogens (tertiary/aromatic N) is 5. The lowest BCUT2D eigenvalue weighted by atomic mass is 10.1. The van der Waals surface area contributed by atoms with E-state index in [1.165, 1.54) is 5.56 Å². The van der Waals surface area contributed by atoms with Crippen LogP contribution < -0.4 is 5.32 Å². The molecule has 1 aliphatic carbocycles. The SMILES string of the molecule is CCc1ccc2c(c1)cc(CN(C(=O)Nc1ccc(C)cc1)C1CC1)c1nnnn12. The molecule has 1 aliphatic rings. The topological polar surface area (TPSA) is 75.4 Å². The molecule has 0 unspecified atom stereocenters. The standard InChI is InChI=1S/C23H24N6O/c1-3-16-6-11-21-17(12-16)13-18(22-25-26-27-29(21)22)14-28(20-9-10-20)23(30)24-19-7-4-15(2)5-8-19/h4-8,11-13,20H,3,9-10,14H2,1-2H3,(H,24,30). The molecular formula is C23H24N6O. The maximum atomic E-state index is 13.1. The minimum atomic E-state index is -0.0885. The number of urea groups is 1. The maximum absolute atomic E-state index is 13.1. The molecule has 4 aromatic rings. The fraction of sp³-hybridized carbons (Fsp3) is 0.304. The van der Waals surface area contributed by atoms with Gasteiger partial charge in [-0.05, 0) is 72.5 Å². The third-order valence-electron chi connectivity index (χ3n) is 5.71. The zero-order valence-electron chi connectivity index (χ0n) is 17.2. The molecule has 30 heavy (non-hydrogen) atoms. The molecule has 152 valence electrons. The van der Waals surface area contributed by atoms with Gasteiger partial charge in [-0.25, -0.2) is 4.79 Å². The number of carbonyl (C=O) groups is 1. The molecule has 5 rings (SSSR count). The van der Waals surface area contributed by atoms with Crippen molar-refractivity contribution in [3.63, 3.8) is 0 Å². The van der Waals surface area contributed by atoms with E-state index in [4.69, 9.17) is 0 Å². The van der Waals surface area contributed by atoms with Crippen LogP contribution in [-0.4, -0.2) is 37.0 Å². The van der Waals surface area contributed by atoms with Crippen LogP contribution in [0.1, 0.15) is 36.5 Å². The van der Waals surface area contributed by atoms with Crippen molar-refractivity contribution in [3.8, 4) is 0 Å². The molecule has 1 N–H and O–H groups in total. The third kappa shape index (κ3) is 3.47. The van der Waals surface area contributed by atoms with Gasteiger partial charge >= 0.3 is 6.03 Å². The van der Waals surface area contributed by atoms with Crippen molar-refractivity contribution in [1.82, 2.24) is 24.9 Å². The number of carbonyl (C=O) groups excluding carboxylic acids is 1. The molecule has 2 aromatic carbocycles. The smallest absolute Gasteiger partial charge is 0.317 e. The zero-order valence-corrected chi connectivity index (χ0v) is 17.2. The first kappa shape index (κ1) is 18.5. The van der Waals surface area contributed by atoms with E-state index in [2.05, 4.69) is 52.0 Å². The summed E-state index contributed by atoms with van der Waals surface area (Å²) < 4.78 is 1.77. The number of aromatic nitrogens is 4. The van der Waals surface area contributed by atoms with Gasteiger partial charge in [0.25, 0.3) is 0 Å². The van der Waals surface area contributed by atoms with Gasteiger partial charge in [0.15, 0.2) is 5.65 Å². The summed E-state index contributed by atoms with van der Waals surface area (Å²) in [5.74, 6) is 0. The van der Waals surface area contributed by atoms with E-state index in [1.54, 1.807) is 4.52 Å². The average molecular weight is 400 g/mol. The highest BCUT2D eigenvalue weighted by molar-refractivity contribution is 5.90. The largest absolute Gasteiger partial charge is 0.322 e. The molecule has 1 saturated carbocycles. The molecule has 1 fully saturated rings. The van der Waals surface area contributed by atoms with Crippen LogP contribution in [0.5, 0.6) is 0 Å². The number of hydrogen-bond donors (Lipinski definition) is 1. The zero-order chi connectivity index (χ0) is 20.7. The van der Waals surface area contributed by atoms with Crippen LogP contribution in [0.3, 0.4) is 0 Å². The molecular weight excluding hydrogens is 376 g/mol. The number of nitrogens with one attached hydrogen (secondary N) is 1. The van der Waals surface area contributed by atoms with E-state index in [0.717, 1.165) is 47.0 Å². The molecule has 0 atom stereocenters. The summed E-state index contributed by atoms with van der Waals surface area (Å²) in [6.45, 7) is 4.64. The summed E-state index contributed by atoms with van der Waals surface area (Å²) in [5.41, 5.74) is 5.84. The number of tetrazole rings is 1. The van der Waals surface area contributed by atoms with Gasteiger partial charge < -0.3 is 10.2 Å². The summed E-state index contributed by atoms with van der Waals surface area (Å²) in [6, 6.07) is 16.5. The van der Waals surface area contributed by atoms with Gasteiger partial charge in [0.2, 0.25) is 0 Å². The number of hydrogen-bond acceptors (Lipinski definition) is 4. The first-order valence-corrected chi connectivity index (χ1v) is 10.4. The molecule has 0 saturated heterocycles. The molecule has 0 spiro atoms. The minimum Gasteiger partial charge on any atom is -0.317 e. The maximum Gasteiger partial charge on any atom is 0.322 e. The lowest BCUT2D eigenvalue weighted by molar-refractivity contribution is 0.206. The van der Waals surface area contributed by atoms with Gasteiger partial charge in [-0.3, -0.25) is 0 Å². The Labute approximate surface area is 174 Å². The van der Waals surface area contributed by atoms with Gasteiger partial charge in [0, 0.05) is 22.7 Å². The first-order valence-electron chi connectivity index (χ1n) is 10.4. The number of amides is 2. The molecule has 7 heteroatoms. The van der Waals surface area contributed by atoms with Crippen LogP contribution in [0.2, 0.25) is 0 Å². The Hall–Kier alpha value is -3.48. The van der Waals surface area contributed by atoms with Crippen molar-refractivity contribution in [2.45, 2.75) is 45.7 Å². The molecule has 2 aromatic heterocycles. The van der Waals surface area contributed by atoms with Gasteiger partial charge in [0.1, 0.15) is 0 Å². The number of rotatable bonds is 5. The molecule has 0 radical (unpaired) electrons. The summed E-state index contributed by atoms with van der Waals surface area (Å²) in [4.78, 5) is 15.0. The fourth-order valence-electron chi connectivity index (χ4n) is 3.82. The normalized spacial score (nSPS) is 13.7. The van der Waals surface area contributed by atoms with Gasteiger partial charge in [-0.1, -0.05) is 30.7 Å². The molecule has 0 aliphatic heterocycles. The van der Waals surface area contributed by atoms with E-state index in [-0.39, 0.29) is 12.1 Å². The van der Waals surface area contributed by atoms with E-state index in [0.29, 0.717) is 12.2 Å². The van der Waals surface area contributed by atoms with Gasteiger partial charge in [-0.2, -0.15) is 4.52 Å². The summed E-state index contributed by atoms with van der Waals surface area (Å²) in [7, 11) is 0. The van der Waals surface area contributed by atoms with E-state index >= 15 is 0 Å². The summed E-state index contributed by atoms with van der Waals surface area (Å²) in [5, 5.41) is 16.4. The van der Waals surface area contributed by atoms with Crippen LogP contribution >= 0.6 is 0 Å². The predicted molar refractivity (Wildman–Crippen MR) is 116 cm³/mol. The van der Waals surface area contributed by atoms with E-state index in [1.807, 2.05) is 36.1 Å². The Balaban J connectivity index is 1.49. The number of fused-ring (bicyclic) bond motifs is 3. The fourth-order valence-corrected chi connectivity index (χ4v) is 3.82. The number of pyridine rings is 1. The van der Waals surface area contributed by atoms with Gasteiger partial charge in [0.05, 0.1) is 12.1 Å². The highest BCUT2D eigenvalue weighted by Gasteiger charge is 2.33. The van der Waals surface area contributed by atoms with E-state index in [9.17, 15) is 4.79 Å². The Kier molecular flexibility index (Phi) is 4.58. The van der Waals surface area contributed by atoms with Crippen molar-refractivity contribution in [2.75, 3.05) is 5.32 Å². The van der Waals surface area contributed by atoms with Crippen molar-refractivity contribution < 1.29 is 4.79 Å². The second-order valence-electron chi connectivity index (χ2n) is 7.99. The Morgan fingerprint density at radius 2 is 1.97 bits per heavy atom. The van der Waals surface area contributed by atoms with Gasteiger partial charge in [-0.15, -0.1) is 5.10 Å². The Morgan fingerprint density at radius 3 is 2.70 bits per heavy atom. The van der Waals surface area contributed by atoms with Crippen molar-refractivity contribution in [1.29, 1.82) is 0 Å². The second-order valence-corrected chi connectivity index (χ2v) is 7.99. The Bertz CT molecular complexity index is 1230. The predicted octanol–water partition coefficient (Wildman–Crippen LogP) is 4.34. The quantitative estimate of drug-likeness (QED) is 0.541. The summed E-state index contributed by atoms with van der Waals surface area (Å²) >= 11 is 0. The van der Waals surface area contributed by atoms with Crippen LogP contribution in [0.25, 0.3) is 16.6 Å². The van der Waals surface area contributed by atoms with Crippen LogP contribution in [0.4, 0.5) is 10.5 Å². The molecule has 2 heterocycles. The van der Waals surface area contributed by atoms with E-state index < -0.39 is 0 Å². The van der Waals surface area contributed by atoms with Crippen molar-refractivity contribution in [3.05, 3.63) is 65.2 Å². The lowest BCUT2D eigenvalue weighted by Crippen LogP contribution is -2.36. The summed E-state index contributed by atoms with van der Waals surface area (Å²) in [6.07, 6.45) is 3.01. The molecule has 0 bridgehead atoms. The number of anilines is 1. The number of aryl methyl sites for hydroxylation is 2. The third-order valence-corrected chi connectivity index (χ3v) is 5.71. The van der Waals surface area contributed by atoms with Crippen LogP contribution in [-0.2, 0) is 13.0 Å². The average Bonchev–Trinajstić information content (AvgIpc) is 3.47. The van der Waals surface area contributed by atoms with Crippen LogP contribution in [0, 0.1) is 6.92 Å². The highest BCUT2D eigenvalue weighted by Crippen LogP contribution is 2.31. The number of benzene rings is 2. The molecule has 2 amide bonds. The highest BCUT2D eigenvalue weighted by atomic mass is 16.2. The van der Waals surface area contributed by atoms with Crippen molar-refractivity contribution >= 4 is 28.3 Å². The monoisotopic (exact) mass is 400 g/mol. The molecule has 7 nitrogen and oxygen atoms in total. The second kappa shape index (κ2) is 7.40.